The van der Waals surface area contributed by atoms with Crippen molar-refractivity contribution in [3.05, 3.63) is 47.0 Å². The van der Waals surface area contributed by atoms with Gasteiger partial charge in [-0.2, -0.15) is 4.39 Å². The molecule has 1 N–H and O–H groups in total. The Hall–Kier alpha value is -2.34. The molecule has 0 spiro atoms. The van der Waals surface area contributed by atoms with Crippen LogP contribution in [0.4, 0.5) is 10.1 Å². The molecule has 1 amide bonds. The number of nitrogens with zero attached hydrogens (tertiary/aromatic N) is 1. The van der Waals surface area contributed by atoms with Crippen molar-refractivity contribution in [2.45, 2.75) is 0 Å². The Kier molecular flexibility index (Phi) is 4.59. The van der Waals surface area contributed by atoms with Crippen LogP contribution in [0.2, 0.25) is 5.02 Å². The van der Waals surface area contributed by atoms with E-state index in [0.29, 0.717) is 22.2 Å². The number of benzene rings is 1. The molecule has 0 aliphatic heterocycles. The maximum absolute atomic E-state index is 12.7. The molecule has 21 heavy (non-hydrogen) atoms. The Labute approximate surface area is 125 Å². The lowest BCUT2D eigenvalue weighted by atomic mass is 10.2. The largest absolute Gasteiger partial charge is 0.495 e. The third-order valence-corrected chi connectivity index (χ3v) is 3.01. The van der Waals surface area contributed by atoms with Gasteiger partial charge in [0.1, 0.15) is 11.5 Å². The van der Waals surface area contributed by atoms with Crippen LogP contribution < -0.4 is 14.8 Å². The van der Waals surface area contributed by atoms with Gasteiger partial charge < -0.3 is 14.8 Å². The highest BCUT2D eigenvalue weighted by Gasteiger charge is 2.14. The second-order valence-corrected chi connectivity index (χ2v) is 4.42. The number of halogens is 2. The summed E-state index contributed by atoms with van der Waals surface area (Å²) in [6, 6.07) is 5.50. The first kappa shape index (κ1) is 15.1. The van der Waals surface area contributed by atoms with Crippen LogP contribution in [-0.4, -0.2) is 25.1 Å². The van der Waals surface area contributed by atoms with Gasteiger partial charge in [-0.25, -0.2) is 4.98 Å². The highest BCUT2D eigenvalue weighted by molar-refractivity contribution is 6.32. The molecule has 0 bridgehead atoms. The van der Waals surface area contributed by atoms with Crippen molar-refractivity contribution in [3.63, 3.8) is 0 Å². The number of amides is 1. The van der Waals surface area contributed by atoms with E-state index in [4.69, 9.17) is 21.1 Å². The zero-order valence-electron chi connectivity index (χ0n) is 11.3. The molecule has 7 heteroatoms. The van der Waals surface area contributed by atoms with Gasteiger partial charge >= 0.3 is 0 Å². The number of nitrogens with one attached hydrogen (secondary N) is 1. The van der Waals surface area contributed by atoms with E-state index in [0.717, 1.165) is 12.3 Å². The van der Waals surface area contributed by atoms with Gasteiger partial charge in [-0.05, 0) is 12.1 Å². The van der Waals surface area contributed by atoms with Crippen LogP contribution in [0.15, 0.2) is 30.5 Å². The fourth-order valence-electron chi connectivity index (χ4n) is 1.66. The van der Waals surface area contributed by atoms with Crippen molar-refractivity contribution in [2.75, 3.05) is 19.5 Å². The fourth-order valence-corrected chi connectivity index (χ4v) is 1.89. The standard InChI is InChI=1S/C14H12ClFN2O3/c1-20-11-6-10(12(21-2)5-9(11)15)18-14(19)8-3-4-13(16)17-7-8/h3-7H,1-2H3,(H,18,19). The summed E-state index contributed by atoms with van der Waals surface area (Å²) in [5.41, 5.74) is 0.598. The molecule has 0 aliphatic carbocycles. The van der Waals surface area contributed by atoms with Crippen molar-refractivity contribution in [3.8, 4) is 11.5 Å². The maximum atomic E-state index is 12.7. The monoisotopic (exact) mass is 310 g/mol. The predicted molar refractivity (Wildman–Crippen MR) is 76.7 cm³/mol. The van der Waals surface area contributed by atoms with Crippen LogP contribution in [0, 0.1) is 5.95 Å². The molecule has 2 rings (SSSR count). The molecule has 0 unspecified atom stereocenters. The van der Waals surface area contributed by atoms with Crippen LogP contribution in [0.3, 0.4) is 0 Å². The van der Waals surface area contributed by atoms with Crippen molar-refractivity contribution >= 4 is 23.2 Å². The van der Waals surface area contributed by atoms with Crippen LogP contribution in [0.25, 0.3) is 0 Å². The van der Waals surface area contributed by atoms with Crippen molar-refractivity contribution < 1.29 is 18.7 Å². The zero-order valence-corrected chi connectivity index (χ0v) is 12.1. The minimum absolute atomic E-state index is 0.215. The molecular formula is C14H12ClFN2O3. The van der Waals surface area contributed by atoms with Gasteiger partial charge in [0, 0.05) is 18.3 Å². The number of methoxy groups -OCH3 is 2. The number of carbonyl (C=O) groups is 1. The Morgan fingerprint density at radius 1 is 1.24 bits per heavy atom. The lowest BCUT2D eigenvalue weighted by Crippen LogP contribution is -2.13. The first-order valence-electron chi connectivity index (χ1n) is 5.89. The molecule has 5 nitrogen and oxygen atoms in total. The Morgan fingerprint density at radius 3 is 2.52 bits per heavy atom. The summed E-state index contributed by atoms with van der Waals surface area (Å²) < 4.78 is 23.0. The molecule has 0 saturated carbocycles. The third kappa shape index (κ3) is 3.41. The Bertz CT molecular complexity index is 662. The summed E-state index contributed by atoms with van der Waals surface area (Å²) in [5, 5.41) is 2.99. The first-order chi connectivity index (χ1) is 10.0. The molecule has 110 valence electrons. The lowest BCUT2D eigenvalue weighted by Gasteiger charge is -2.13. The van der Waals surface area contributed by atoms with E-state index in [1.807, 2.05) is 0 Å². The molecule has 0 aliphatic rings. The Morgan fingerprint density at radius 2 is 1.95 bits per heavy atom. The van der Waals surface area contributed by atoms with Crippen LogP contribution in [0.5, 0.6) is 11.5 Å². The van der Waals surface area contributed by atoms with E-state index < -0.39 is 11.9 Å². The van der Waals surface area contributed by atoms with Crippen LogP contribution in [-0.2, 0) is 0 Å². The number of carbonyl (C=O) groups excluding carboxylic acids is 1. The minimum Gasteiger partial charge on any atom is -0.495 e. The highest BCUT2D eigenvalue weighted by Crippen LogP contribution is 2.36. The van der Waals surface area contributed by atoms with Crippen molar-refractivity contribution in [1.82, 2.24) is 4.98 Å². The van der Waals surface area contributed by atoms with Gasteiger partial charge in [-0.3, -0.25) is 4.79 Å². The molecule has 0 radical (unpaired) electrons. The first-order valence-corrected chi connectivity index (χ1v) is 6.27. The van der Waals surface area contributed by atoms with E-state index in [1.54, 1.807) is 0 Å². The molecule has 0 saturated heterocycles. The quantitative estimate of drug-likeness (QED) is 0.881. The number of rotatable bonds is 4. The topological polar surface area (TPSA) is 60.5 Å². The normalized spacial score (nSPS) is 10.1. The number of hydrogen-bond donors (Lipinski definition) is 1. The number of hydrogen-bond acceptors (Lipinski definition) is 4. The van der Waals surface area contributed by atoms with Gasteiger partial charge in [-0.1, -0.05) is 11.6 Å². The second kappa shape index (κ2) is 6.41. The molecular weight excluding hydrogens is 299 g/mol. The maximum Gasteiger partial charge on any atom is 0.257 e. The second-order valence-electron chi connectivity index (χ2n) is 4.01. The molecule has 1 heterocycles. The average Bonchev–Trinajstić information content (AvgIpc) is 2.49. The Balaban J connectivity index is 2.29. The highest BCUT2D eigenvalue weighted by atomic mass is 35.5. The lowest BCUT2D eigenvalue weighted by molar-refractivity contribution is 0.102. The predicted octanol–water partition coefficient (Wildman–Crippen LogP) is 3.14. The average molecular weight is 311 g/mol. The molecule has 0 fully saturated rings. The van der Waals surface area contributed by atoms with Gasteiger partial charge in [0.05, 0.1) is 30.5 Å². The number of anilines is 1. The fraction of sp³-hybridized carbons (Fsp3) is 0.143. The van der Waals surface area contributed by atoms with Crippen molar-refractivity contribution in [2.24, 2.45) is 0 Å². The van der Waals surface area contributed by atoms with Gasteiger partial charge in [0.25, 0.3) is 5.91 Å². The SMILES string of the molecule is COc1cc(NC(=O)c2ccc(F)nc2)c(OC)cc1Cl. The summed E-state index contributed by atoms with van der Waals surface area (Å²) >= 11 is 5.98. The van der Waals surface area contributed by atoms with E-state index in [-0.39, 0.29) is 5.56 Å². The molecule has 1 aromatic heterocycles. The summed E-state index contributed by atoms with van der Waals surface area (Å²) in [6.07, 6.45) is 1.14. The summed E-state index contributed by atoms with van der Waals surface area (Å²) in [6.45, 7) is 0. The van der Waals surface area contributed by atoms with Gasteiger partial charge in [0.15, 0.2) is 0 Å². The number of pyridine rings is 1. The van der Waals surface area contributed by atoms with E-state index >= 15 is 0 Å². The summed E-state index contributed by atoms with van der Waals surface area (Å²) in [7, 11) is 2.91. The van der Waals surface area contributed by atoms with E-state index in [9.17, 15) is 9.18 Å². The molecule has 2 aromatic rings. The van der Waals surface area contributed by atoms with Gasteiger partial charge in [-0.15, -0.1) is 0 Å². The third-order valence-electron chi connectivity index (χ3n) is 2.71. The van der Waals surface area contributed by atoms with E-state index in [2.05, 4.69) is 10.3 Å². The number of ether oxygens (including phenoxy) is 2. The molecule has 0 atom stereocenters. The summed E-state index contributed by atoms with van der Waals surface area (Å²) in [5.74, 6) is -0.336. The smallest absolute Gasteiger partial charge is 0.257 e. The van der Waals surface area contributed by atoms with Gasteiger partial charge in [0.2, 0.25) is 5.95 Å². The van der Waals surface area contributed by atoms with E-state index in [1.165, 1.54) is 32.4 Å². The summed E-state index contributed by atoms with van der Waals surface area (Å²) in [4.78, 5) is 15.5. The number of aromatic nitrogens is 1. The zero-order chi connectivity index (χ0) is 15.4. The van der Waals surface area contributed by atoms with Crippen LogP contribution in [0.1, 0.15) is 10.4 Å². The van der Waals surface area contributed by atoms with Crippen molar-refractivity contribution in [1.29, 1.82) is 0 Å². The minimum atomic E-state index is -0.655. The molecule has 1 aromatic carbocycles. The van der Waals surface area contributed by atoms with Crippen LogP contribution >= 0.6 is 11.6 Å².